The molecule has 0 fully saturated rings. The molecule has 0 unspecified atom stereocenters. The number of nitrogens with zero attached hydrogens (tertiary/aromatic N) is 1. The van der Waals surface area contributed by atoms with Crippen molar-refractivity contribution in [2.75, 3.05) is 10.6 Å². The number of hydrogen-bond donors (Lipinski definition) is 4. The average molecular weight is 395 g/mol. The Labute approximate surface area is 171 Å². The number of nitrogens with one attached hydrogen (secondary N) is 4. The van der Waals surface area contributed by atoms with Gasteiger partial charge in [-0.3, -0.25) is 4.79 Å². The topological polar surface area (TPSA) is 103 Å². The van der Waals surface area contributed by atoms with Crippen LogP contribution >= 0.6 is 0 Å². The zero-order valence-corrected chi connectivity index (χ0v) is 15.8. The third-order valence-corrected chi connectivity index (χ3v) is 4.79. The van der Waals surface area contributed by atoms with E-state index in [1.54, 1.807) is 18.2 Å². The summed E-state index contributed by atoms with van der Waals surface area (Å²) in [6.45, 7) is 0. The molecule has 0 saturated carbocycles. The quantitative estimate of drug-likeness (QED) is 0.357. The van der Waals surface area contributed by atoms with Crippen molar-refractivity contribution in [1.29, 1.82) is 0 Å². The first-order valence-electron chi connectivity index (χ1n) is 9.41. The number of hydrogen-bond acceptors (Lipinski definition) is 3. The lowest BCUT2D eigenvalue weighted by Gasteiger charge is -2.07. The molecule has 30 heavy (non-hydrogen) atoms. The Morgan fingerprint density at radius 1 is 0.800 bits per heavy atom. The SMILES string of the molecule is O=C(Nc1ccccc1)Nc1ccc2nc(-c3c4cccccc-4[nH]c3=O)[nH]c2c1. The monoisotopic (exact) mass is 395 g/mol. The molecule has 5 rings (SSSR count). The van der Waals surface area contributed by atoms with Crippen LogP contribution in [0.15, 0.2) is 83.7 Å². The molecule has 2 amide bonds. The molecule has 1 aliphatic carbocycles. The molecule has 2 heterocycles. The van der Waals surface area contributed by atoms with Gasteiger partial charge in [-0.1, -0.05) is 42.5 Å². The number of carbonyl (C=O) groups is 1. The summed E-state index contributed by atoms with van der Waals surface area (Å²) < 4.78 is 0. The number of amides is 2. The summed E-state index contributed by atoms with van der Waals surface area (Å²) in [5.74, 6) is 0.485. The summed E-state index contributed by atoms with van der Waals surface area (Å²) in [5, 5.41) is 5.58. The average Bonchev–Trinajstić information content (AvgIpc) is 3.20. The van der Waals surface area contributed by atoms with Crippen LogP contribution in [0, 0.1) is 0 Å². The first-order chi connectivity index (χ1) is 14.7. The summed E-state index contributed by atoms with van der Waals surface area (Å²) in [6, 6.07) is 23.6. The van der Waals surface area contributed by atoms with Crippen LogP contribution in [0.3, 0.4) is 0 Å². The number of aromatic nitrogens is 3. The van der Waals surface area contributed by atoms with Crippen molar-refractivity contribution in [2.24, 2.45) is 0 Å². The van der Waals surface area contributed by atoms with Crippen LogP contribution in [0.5, 0.6) is 0 Å². The Morgan fingerprint density at radius 2 is 1.53 bits per heavy atom. The Bertz CT molecular complexity index is 1390. The van der Waals surface area contributed by atoms with Crippen LogP contribution < -0.4 is 16.2 Å². The van der Waals surface area contributed by atoms with E-state index in [2.05, 4.69) is 25.6 Å². The molecule has 0 atom stereocenters. The van der Waals surface area contributed by atoms with E-state index in [0.717, 1.165) is 16.8 Å². The third kappa shape index (κ3) is 3.29. The van der Waals surface area contributed by atoms with Crippen LogP contribution in [-0.4, -0.2) is 21.0 Å². The van der Waals surface area contributed by atoms with E-state index in [1.165, 1.54) is 0 Å². The highest BCUT2D eigenvalue weighted by molar-refractivity contribution is 6.01. The van der Waals surface area contributed by atoms with E-state index in [9.17, 15) is 9.59 Å². The van der Waals surface area contributed by atoms with Gasteiger partial charge in [-0.15, -0.1) is 0 Å². The first kappa shape index (κ1) is 17.7. The second-order valence-corrected chi connectivity index (χ2v) is 6.83. The number of H-pyrrole nitrogens is 2. The van der Waals surface area contributed by atoms with Crippen molar-refractivity contribution in [1.82, 2.24) is 15.0 Å². The minimum atomic E-state index is -0.341. The van der Waals surface area contributed by atoms with Crippen LogP contribution in [0.1, 0.15) is 0 Å². The molecule has 0 bridgehead atoms. The van der Waals surface area contributed by atoms with E-state index in [4.69, 9.17) is 0 Å². The Balaban J connectivity index is 1.45. The maximum Gasteiger partial charge on any atom is 0.323 e. The molecule has 0 spiro atoms. The van der Waals surface area contributed by atoms with Gasteiger partial charge in [0.05, 0.1) is 16.6 Å². The van der Waals surface area contributed by atoms with E-state index < -0.39 is 0 Å². The van der Waals surface area contributed by atoms with E-state index in [0.29, 0.717) is 28.3 Å². The predicted octanol–water partition coefficient (Wildman–Crippen LogP) is 4.67. The number of fused-ring (bicyclic) bond motifs is 2. The van der Waals surface area contributed by atoms with Crippen LogP contribution in [0.2, 0.25) is 0 Å². The smallest absolute Gasteiger partial charge is 0.323 e. The summed E-state index contributed by atoms with van der Waals surface area (Å²) >= 11 is 0. The molecule has 7 nitrogen and oxygen atoms in total. The zero-order valence-electron chi connectivity index (χ0n) is 15.8. The summed E-state index contributed by atoms with van der Waals surface area (Å²) in [4.78, 5) is 35.4. The molecular formula is C23H17N5O2. The maximum absolute atomic E-state index is 12.5. The van der Waals surface area contributed by atoms with Gasteiger partial charge in [0, 0.05) is 22.6 Å². The second kappa shape index (κ2) is 7.21. The molecule has 2 aromatic carbocycles. The second-order valence-electron chi connectivity index (χ2n) is 6.83. The molecule has 1 aromatic heterocycles. The minimum absolute atomic E-state index is 0.198. The van der Waals surface area contributed by atoms with Gasteiger partial charge in [0.25, 0.3) is 5.56 Å². The van der Waals surface area contributed by atoms with Gasteiger partial charge in [0.1, 0.15) is 5.82 Å². The molecule has 7 heteroatoms. The van der Waals surface area contributed by atoms with Crippen molar-refractivity contribution in [3.05, 3.63) is 89.2 Å². The number of para-hydroxylation sites is 1. The fourth-order valence-electron chi connectivity index (χ4n) is 3.44. The third-order valence-electron chi connectivity index (χ3n) is 4.79. The molecule has 146 valence electrons. The van der Waals surface area contributed by atoms with Crippen molar-refractivity contribution < 1.29 is 4.79 Å². The molecule has 0 radical (unpaired) electrons. The molecular weight excluding hydrogens is 378 g/mol. The maximum atomic E-state index is 12.5. The Kier molecular flexibility index (Phi) is 4.25. The number of anilines is 2. The van der Waals surface area contributed by atoms with Crippen molar-refractivity contribution in [2.45, 2.75) is 0 Å². The highest BCUT2D eigenvalue weighted by atomic mass is 16.2. The largest absolute Gasteiger partial charge is 0.338 e. The van der Waals surface area contributed by atoms with Crippen molar-refractivity contribution in [3.8, 4) is 22.6 Å². The number of carbonyl (C=O) groups excluding carboxylic acids is 1. The fraction of sp³-hybridized carbons (Fsp3) is 0. The number of aromatic amines is 2. The van der Waals surface area contributed by atoms with Gasteiger partial charge in [-0.25, -0.2) is 9.78 Å². The Hall–Kier alpha value is -4.39. The van der Waals surface area contributed by atoms with E-state index >= 15 is 0 Å². The first-order valence-corrected chi connectivity index (χ1v) is 9.41. The molecule has 0 saturated heterocycles. The van der Waals surface area contributed by atoms with Crippen LogP contribution in [0.25, 0.3) is 33.7 Å². The van der Waals surface area contributed by atoms with Crippen molar-refractivity contribution >= 4 is 28.4 Å². The van der Waals surface area contributed by atoms with Gasteiger partial charge in [0.2, 0.25) is 0 Å². The standard InChI is InChI=1S/C23H17N5O2/c29-22-20(16-9-5-2-6-10-17(16)28-22)21-26-18-12-11-15(13-19(18)27-21)25-23(30)24-14-7-3-1-4-8-14/h1-13H,(H,26,27)(H,28,29)(H2,24,25,30). The number of rotatable bonds is 3. The van der Waals surface area contributed by atoms with Gasteiger partial charge in [-0.2, -0.15) is 0 Å². The lowest BCUT2D eigenvalue weighted by molar-refractivity contribution is 0.262. The number of benzene rings is 2. The molecule has 3 aromatic rings. The van der Waals surface area contributed by atoms with Gasteiger partial charge >= 0.3 is 6.03 Å². The highest BCUT2D eigenvalue weighted by Crippen LogP contribution is 2.29. The lowest BCUT2D eigenvalue weighted by atomic mass is 10.1. The number of urea groups is 1. The van der Waals surface area contributed by atoms with Crippen molar-refractivity contribution in [3.63, 3.8) is 0 Å². The van der Waals surface area contributed by atoms with Crippen LogP contribution in [0.4, 0.5) is 16.2 Å². The van der Waals surface area contributed by atoms with E-state index in [-0.39, 0.29) is 11.6 Å². The molecule has 2 aliphatic rings. The summed E-state index contributed by atoms with van der Waals surface area (Å²) in [5.41, 5.74) is 4.58. The Morgan fingerprint density at radius 3 is 2.37 bits per heavy atom. The lowest BCUT2D eigenvalue weighted by Crippen LogP contribution is -2.19. The molecule has 4 N–H and O–H groups in total. The van der Waals surface area contributed by atoms with E-state index in [1.807, 2.05) is 60.7 Å². The fourth-order valence-corrected chi connectivity index (χ4v) is 3.44. The van der Waals surface area contributed by atoms with Gasteiger partial charge in [-0.05, 0) is 36.4 Å². The highest BCUT2D eigenvalue weighted by Gasteiger charge is 2.18. The molecule has 1 aliphatic heterocycles. The number of imidazole rings is 1. The minimum Gasteiger partial charge on any atom is -0.338 e. The summed E-state index contributed by atoms with van der Waals surface area (Å²) in [7, 11) is 0. The predicted molar refractivity (Wildman–Crippen MR) is 118 cm³/mol. The van der Waals surface area contributed by atoms with Gasteiger partial charge < -0.3 is 20.6 Å². The zero-order chi connectivity index (χ0) is 20.5. The normalized spacial score (nSPS) is 10.9. The summed E-state index contributed by atoms with van der Waals surface area (Å²) in [6.07, 6.45) is 0. The van der Waals surface area contributed by atoms with Gasteiger partial charge in [0.15, 0.2) is 0 Å². The van der Waals surface area contributed by atoms with Crippen LogP contribution in [-0.2, 0) is 0 Å².